The van der Waals surface area contributed by atoms with Gasteiger partial charge in [-0.3, -0.25) is 29.3 Å². The lowest BCUT2D eigenvalue weighted by atomic mass is 9.85. The molecule has 0 radical (unpaired) electrons. The van der Waals surface area contributed by atoms with E-state index in [1.165, 1.54) is 67.7 Å². The molecule has 3 aliphatic rings. The van der Waals surface area contributed by atoms with Crippen molar-refractivity contribution in [1.29, 1.82) is 0 Å². The summed E-state index contributed by atoms with van der Waals surface area (Å²) in [5, 5.41) is 12.9. The van der Waals surface area contributed by atoms with Gasteiger partial charge in [0.05, 0.1) is 22.5 Å². The summed E-state index contributed by atoms with van der Waals surface area (Å²) in [7, 11) is 1.78. The second-order valence-corrected chi connectivity index (χ2v) is 34.8. The number of fused-ring (bicyclic) bond motifs is 4. The molecule has 0 bridgehead atoms. The lowest BCUT2D eigenvalue weighted by molar-refractivity contribution is 0.0696. The number of hydrogen-bond acceptors (Lipinski definition) is 9. The van der Waals surface area contributed by atoms with Gasteiger partial charge in [0, 0.05) is 79.3 Å². The number of carbonyl (C=O) groups is 1. The zero-order chi connectivity index (χ0) is 77.6. The third-order valence-corrected chi connectivity index (χ3v) is 17.4. The molecule has 5 aromatic heterocycles. The highest BCUT2D eigenvalue weighted by Gasteiger charge is 2.23. The fraction of sp³-hybridized carbons (Fsp3) is 0.404. The second kappa shape index (κ2) is 34.2. The van der Waals surface area contributed by atoms with Crippen molar-refractivity contribution < 1.29 is 19.0 Å². The van der Waals surface area contributed by atoms with Crippen LogP contribution in [0, 0.1) is 5.82 Å². The fourth-order valence-electron chi connectivity index (χ4n) is 10.4. The van der Waals surface area contributed by atoms with Crippen LogP contribution in [0.1, 0.15) is 238 Å². The first kappa shape index (κ1) is 84.1. The molecule has 550 valence electrons. The molecular formula is C89H116FN7O6. The minimum atomic E-state index is -0.937. The van der Waals surface area contributed by atoms with E-state index in [1.807, 2.05) is 84.4 Å². The summed E-state index contributed by atoms with van der Waals surface area (Å²) in [5.41, 5.74) is 18.9. The van der Waals surface area contributed by atoms with Gasteiger partial charge < -0.3 is 29.7 Å². The highest BCUT2D eigenvalue weighted by atomic mass is 19.1. The van der Waals surface area contributed by atoms with Gasteiger partial charge >= 0.3 is 5.97 Å². The van der Waals surface area contributed by atoms with Crippen LogP contribution in [0.2, 0.25) is 0 Å². The van der Waals surface area contributed by atoms with E-state index >= 15 is 0 Å². The van der Waals surface area contributed by atoms with Gasteiger partial charge in [0.15, 0.2) is 17.4 Å². The monoisotopic (exact) mass is 1400 g/mol. The number of hydrogen-bond donors (Lipinski definition) is 4. The van der Waals surface area contributed by atoms with E-state index in [-0.39, 0.29) is 60.0 Å². The van der Waals surface area contributed by atoms with Gasteiger partial charge in [0.2, 0.25) is 11.1 Å². The van der Waals surface area contributed by atoms with Crippen LogP contribution in [0.4, 0.5) is 15.8 Å². The number of aromatic nitrogens is 5. The van der Waals surface area contributed by atoms with E-state index in [0.29, 0.717) is 5.88 Å². The molecule has 0 spiro atoms. The van der Waals surface area contributed by atoms with Crippen molar-refractivity contribution in [3.8, 4) is 5.75 Å². The molecule has 103 heavy (non-hydrogen) atoms. The standard InChI is InChI=1S/C14H18.C13H15N.C12H15NO.C12H15N.C10H13NO2.C10H15NO.C9H12FNO.C9H13NO/c1-10-7-11-5-6-13(14(2,3)4)9-12(11)8-10;1-13(2,3)11-7-6-10-5-4-8-14-12(10)9-11;1-8-13-10-7-9(12(2,3)4)5-6-11(10)14-8;1-12(2,3)10-5-4-9-6-7-13-11(9)8-10;1-10(2,3)8-5-4-7(6-11-8)9(12)13;1-10(2,3)8-5-6-9(12)11(4)7-8;1-9(2,3)6-4-7(10)8(12)11-5-6;1-9(2,3)7-4-5-8(11)10-6-7/h5-6,9H,1,7-8H2,2-4H3;4-9H,1-3H3;5-7,13H,1H2,2-4H3;4-5,7-8H,6H2,1-3H3;4-6H,1-3H3,(H,12,13);5-7H,1-4H3;4-5H,1-3H3,(H,11,12);4-6H,1-3H3,(H,10,11). The number of nitrogens with zero attached hydrogens (tertiary/aromatic N) is 4. The number of pyridine rings is 5. The van der Waals surface area contributed by atoms with Crippen molar-refractivity contribution in [2.24, 2.45) is 12.0 Å². The van der Waals surface area contributed by atoms with Gasteiger partial charge in [-0.1, -0.05) is 245 Å². The molecule has 0 unspecified atom stereocenters. The Hall–Kier alpha value is -9.56. The number of carboxylic acid groups (broad SMARTS) is 1. The first-order valence-corrected chi connectivity index (χ1v) is 35.3. The number of anilines is 1. The molecular weight excluding hydrogens is 1280 g/mol. The summed E-state index contributed by atoms with van der Waals surface area (Å²) < 4.78 is 19.7. The van der Waals surface area contributed by atoms with E-state index in [0.717, 1.165) is 58.7 Å². The SMILES string of the molecule is C=C1Cc2ccc(C(C)(C)C)cc2C1.C=C1Nc2cc(C(C)(C)C)ccc2O1.CC(C)(C)c1c[nH]c(=O)c(F)c1.CC(C)(C)c1ccc(=O)[nH]c1.CC(C)(C)c1ccc(C(=O)O)cn1.CC(C)(C)c1ccc2c(c1)N=CC2.CC(C)(C)c1ccc2cccnc2c1.Cn1cc(C(C)(C)C)ccc1=O. The van der Waals surface area contributed by atoms with Gasteiger partial charge in [-0.25, -0.2) is 9.18 Å². The van der Waals surface area contributed by atoms with Crippen LogP contribution in [-0.2, 0) is 69.6 Å². The zero-order valence-electron chi connectivity index (χ0n) is 66.3. The minimum absolute atomic E-state index is 0.0307. The van der Waals surface area contributed by atoms with Crippen molar-refractivity contribution in [3.63, 3.8) is 0 Å². The molecule has 0 atom stereocenters. The van der Waals surface area contributed by atoms with Crippen molar-refractivity contribution >= 4 is 34.5 Å². The number of carboxylic acids is 1. The number of rotatable bonds is 1. The number of aromatic amines is 2. The number of aryl methyl sites for hydroxylation is 1. The topological polar surface area (TPSA) is 184 Å². The lowest BCUT2D eigenvalue weighted by Gasteiger charge is -2.19. The third-order valence-electron chi connectivity index (χ3n) is 17.4. The van der Waals surface area contributed by atoms with E-state index in [1.54, 1.807) is 48.3 Å². The molecule has 0 amide bonds. The lowest BCUT2D eigenvalue weighted by Crippen LogP contribution is -2.19. The first-order valence-electron chi connectivity index (χ1n) is 35.3. The number of ether oxygens (including phenoxy) is 1. The number of H-pyrrole nitrogens is 2. The summed E-state index contributed by atoms with van der Waals surface area (Å²) >= 11 is 0. The van der Waals surface area contributed by atoms with Crippen LogP contribution in [0.25, 0.3) is 10.9 Å². The molecule has 4 N–H and O–H groups in total. The van der Waals surface area contributed by atoms with E-state index < -0.39 is 17.3 Å². The van der Waals surface area contributed by atoms with Gasteiger partial charge in [0.1, 0.15) is 0 Å². The normalized spacial score (nSPS) is 13.0. The molecule has 9 aromatic rings. The smallest absolute Gasteiger partial charge is 0.337 e. The quantitative estimate of drug-likeness (QED) is 0.116. The molecule has 7 heterocycles. The Labute approximate surface area is 613 Å². The van der Waals surface area contributed by atoms with Crippen LogP contribution in [-0.4, -0.2) is 41.8 Å². The molecule has 1 aliphatic carbocycles. The van der Waals surface area contributed by atoms with Crippen molar-refractivity contribution in [1.82, 2.24) is 24.5 Å². The summed E-state index contributed by atoms with van der Waals surface area (Å²) in [4.78, 5) is 60.7. The largest absolute Gasteiger partial charge is 0.478 e. The highest BCUT2D eigenvalue weighted by molar-refractivity contribution is 5.87. The number of aliphatic imine (C=N–C) groups is 1. The van der Waals surface area contributed by atoms with Crippen LogP contribution < -0.4 is 26.7 Å². The maximum Gasteiger partial charge on any atom is 0.337 e. The average molecular weight is 1400 g/mol. The first-order chi connectivity index (χ1) is 47.3. The van der Waals surface area contributed by atoms with E-state index in [4.69, 9.17) is 9.84 Å². The maximum atomic E-state index is 12.8. The van der Waals surface area contributed by atoms with Crippen molar-refractivity contribution in [2.75, 3.05) is 5.32 Å². The van der Waals surface area contributed by atoms with Gasteiger partial charge in [-0.15, -0.1) is 0 Å². The van der Waals surface area contributed by atoms with Crippen molar-refractivity contribution in [2.45, 2.75) is 229 Å². The molecule has 0 saturated heterocycles. The van der Waals surface area contributed by atoms with Crippen molar-refractivity contribution in [3.05, 3.63) is 287 Å². The Morgan fingerprint density at radius 3 is 1.56 bits per heavy atom. The second-order valence-electron chi connectivity index (χ2n) is 34.8. The molecule has 13 nitrogen and oxygen atoms in total. The summed E-state index contributed by atoms with van der Waals surface area (Å²) in [6.45, 7) is 59.2. The number of aromatic carboxylic acids is 1. The fourth-order valence-corrected chi connectivity index (χ4v) is 10.4. The molecule has 12 rings (SSSR count). The number of nitrogens with one attached hydrogen (secondary N) is 3. The van der Waals surface area contributed by atoms with E-state index in [2.05, 4.69) is 241 Å². The number of halogens is 1. The third kappa shape index (κ3) is 26.3. The summed E-state index contributed by atoms with van der Waals surface area (Å²) in [5.74, 6) is -0.190. The van der Waals surface area contributed by atoms with Gasteiger partial charge in [-0.2, -0.15) is 0 Å². The molecule has 0 fully saturated rings. The zero-order valence-corrected chi connectivity index (χ0v) is 66.3. The molecule has 14 heteroatoms. The predicted octanol–water partition coefficient (Wildman–Crippen LogP) is 20.9. The Balaban J connectivity index is 0.000000212. The number of allylic oxidation sites excluding steroid dienone is 1. The Bertz CT molecular complexity index is 4440. The summed E-state index contributed by atoms with van der Waals surface area (Å²) in [6, 6.07) is 41.8. The maximum absolute atomic E-state index is 12.8. The molecule has 0 saturated carbocycles. The van der Waals surface area contributed by atoms with Crippen LogP contribution in [0.5, 0.6) is 5.75 Å². The van der Waals surface area contributed by atoms with Crippen LogP contribution in [0.15, 0.2) is 202 Å². The number of benzene rings is 4. The minimum Gasteiger partial charge on any atom is -0.478 e. The average Bonchev–Trinajstić information content (AvgIpc) is 1.57. The molecule has 4 aromatic carbocycles. The van der Waals surface area contributed by atoms with Gasteiger partial charge in [0.25, 0.3) is 5.56 Å². The highest BCUT2D eigenvalue weighted by Crippen LogP contribution is 2.37. The van der Waals surface area contributed by atoms with Gasteiger partial charge in [-0.05, 0) is 161 Å². The molecule has 2 aliphatic heterocycles. The van der Waals surface area contributed by atoms with Crippen LogP contribution >= 0.6 is 0 Å². The van der Waals surface area contributed by atoms with E-state index in [9.17, 15) is 23.6 Å². The Kier molecular flexibility index (Phi) is 27.9. The predicted molar refractivity (Wildman–Crippen MR) is 429 cm³/mol. The Morgan fingerprint density at radius 1 is 0.524 bits per heavy atom. The van der Waals surface area contributed by atoms with Crippen LogP contribution in [0.3, 0.4) is 0 Å². The Morgan fingerprint density at radius 2 is 1.04 bits per heavy atom. The summed E-state index contributed by atoms with van der Waals surface area (Å²) in [6.07, 6.45) is 13.6.